The number of halogens is 1. The van der Waals surface area contributed by atoms with Gasteiger partial charge in [0.15, 0.2) is 0 Å². The highest BCUT2D eigenvalue weighted by atomic mass is 35.5. The van der Waals surface area contributed by atoms with E-state index >= 15 is 0 Å². The highest BCUT2D eigenvalue weighted by Gasteiger charge is 2.49. The number of nitrogens with one attached hydrogen (secondary N) is 1. The smallest absolute Gasteiger partial charge is 0.228 e. The maximum absolute atomic E-state index is 12.2. The van der Waals surface area contributed by atoms with E-state index in [1.54, 1.807) is 0 Å². The molecule has 0 saturated carbocycles. The largest absolute Gasteiger partial charge is 0.380 e. The van der Waals surface area contributed by atoms with Crippen molar-refractivity contribution in [3.8, 4) is 0 Å². The number of rotatable bonds is 4. The monoisotopic (exact) mass is 331 g/mol. The minimum atomic E-state index is -0.276. The highest BCUT2D eigenvalue weighted by molar-refractivity contribution is 6.29. The van der Waals surface area contributed by atoms with E-state index in [-0.39, 0.29) is 17.4 Å². The Morgan fingerprint density at radius 2 is 2.22 bits per heavy atom. The first-order chi connectivity index (χ1) is 11.0. The molecule has 2 saturated heterocycles. The Morgan fingerprint density at radius 3 is 2.83 bits per heavy atom. The minimum absolute atomic E-state index is 0.160. The molecule has 0 aliphatic carbocycles. The van der Waals surface area contributed by atoms with E-state index in [0.717, 1.165) is 35.4 Å². The Balaban J connectivity index is 1.64. The van der Waals surface area contributed by atoms with Crippen molar-refractivity contribution in [2.24, 2.45) is 5.41 Å². The average molecular weight is 332 g/mol. The molecule has 2 atom stereocenters. The molecule has 3 rings (SSSR count). The Bertz CT molecular complexity index is 638. The summed E-state index contributed by atoms with van der Waals surface area (Å²) in [4.78, 5) is 12.2. The second-order valence-electron chi connectivity index (χ2n) is 6.61. The van der Waals surface area contributed by atoms with E-state index in [2.05, 4.69) is 36.2 Å². The number of hydrogen-bond donors (Lipinski definition) is 1. The third-order valence-corrected chi connectivity index (χ3v) is 4.85. The molecule has 0 radical (unpaired) electrons. The molecular weight excluding hydrogens is 310 g/mol. The zero-order valence-corrected chi connectivity index (χ0v) is 14.2. The number of allylic oxidation sites excluding steroid dienone is 3. The second-order valence-corrected chi connectivity index (χ2v) is 7.21. The van der Waals surface area contributed by atoms with E-state index in [4.69, 9.17) is 16.3 Å². The van der Waals surface area contributed by atoms with Crippen molar-refractivity contribution in [1.82, 2.24) is 5.32 Å². The van der Waals surface area contributed by atoms with Crippen LogP contribution < -0.4 is 5.32 Å². The van der Waals surface area contributed by atoms with Crippen molar-refractivity contribution >= 4 is 23.1 Å². The van der Waals surface area contributed by atoms with Gasteiger partial charge in [-0.05, 0) is 49.0 Å². The molecule has 1 unspecified atom stereocenters. The number of benzene rings is 1. The van der Waals surface area contributed by atoms with Gasteiger partial charge in [0.25, 0.3) is 0 Å². The number of amides is 1. The number of hydrogen-bond acceptors (Lipinski definition) is 2. The molecule has 1 aromatic rings. The van der Waals surface area contributed by atoms with Crippen LogP contribution in [-0.4, -0.2) is 25.2 Å². The van der Waals surface area contributed by atoms with Crippen molar-refractivity contribution < 1.29 is 9.53 Å². The molecule has 122 valence electrons. The van der Waals surface area contributed by atoms with Gasteiger partial charge >= 0.3 is 0 Å². The average Bonchev–Trinajstić information content (AvgIpc) is 3.08. The molecule has 1 aromatic carbocycles. The molecule has 2 aliphatic heterocycles. The van der Waals surface area contributed by atoms with Crippen LogP contribution in [0.3, 0.4) is 0 Å². The van der Waals surface area contributed by atoms with Crippen LogP contribution >= 0.6 is 11.6 Å². The van der Waals surface area contributed by atoms with Crippen LogP contribution in [0.25, 0.3) is 5.57 Å². The maximum atomic E-state index is 12.2. The van der Waals surface area contributed by atoms with Crippen LogP contribution in [0.2, 0.25) is 0 Å². The molecule has 4 heteroatoms. The second kappa shape index (κ2) is 6.50. The van der Waals surface area contributed by atoms with E-state index in [1.165, 1.54) is 5.56 Å². The summed E-state index contributed by atoms with van der Waals surface area (Å²) in [6.07, 6.45) is 4.43. The summed E-state index contributed by atoms with van der Waals surface area (Å²) in [6, 6.07) is 8.50. The lowest BCUT2D eigenvalue weighted by molar-refractivity contribution is -0.127. The third kappa shape index (κ3) is 3.51. The topological polar surface area (TPSA) is 38.3 Å². The first kappa shape index (κ1) is 16.3. The molecule has 1 spiro atoms. The normalized spacial score (nSPS) is 27.5. The van der Waals surface area contributed by atoms with Gasteiger partial charge in [0.2, 0.25) is 5.91 Å². The van der Waals surface area contributed by atoms with Crippen LogP contribution in [0.4, 0.5) is 0 Å². The summed E-state index contributed by atoms with van der Waals surface area (Å²) in [7, 11) is 0. The Labute approximate surface area is 142 Å². The van der Waals surface area contributed by atoms with Gasteiger partial charge in [0.1, 0.15) is 0 Å². The van der Waals surface area contributed by atoms with Crippen LogP contribution in [0.1, 0.15) is 30.9 Å². The van der Waals surface area contributed by atoms with Gasteiger partial charge in [0, 0.05) is 17.7 Å². The Morgan fingerprint density at radius 1 is 1.48 bits per heavy atom. The fraction of sp³-hybridized carbons (Fsp3) is 0.421. The van der Waals surface area contributed by atoms with Crippen LogP contribution in [0.5, 0.6) is 0 Å². The van der Waals surface area contributed by atoms with Gasteiger partial charge in [-0.2, -0.15) is 0 Å². The zero-order valence-electron chi connectivity index (χ0n) is 13.4. The van der Waals surface area contributed by atoms with Gasteiger partial charge in [-0.3, -0.25) is 4.79 Å². The van der Waals surface area contributed by atoms with Crippen molar-refractivity contribution in [2.45, 2.75) is 32.2 Å². The van der Waals surface area contributed by atoms with Gasteiger partial charge in [-0.15, -0.1) is 0 Å². The molecule has 2 fully saturated rings. The molecule has 1 amide bonds. The quantitative estimate of drug-likeness (QED) is 0.855. The van der Waals surface area contributed by atoms with Gasteiger partial charge in [0.05, 0.1) is 12.0 Å². The summed E-state index contributed by atoms with van der Waals surface area (Å²) in [6.45, 7) is 7.13. The minimum Gasteiger partial charge on any atom is -0.380 e. The summed E-state index contributed by atoms with van der Waals surface area (Å²) in [5.74, 6) is 0.160. The van der Waals surface area contributed by atoms with E-state index in [0.29, 0.717) is 13.2 Å². The maximum Gasteiger partial charge on any atom is 0.228 e. The van der Waals surface area contributed by atoms with E-state index in [1.807, 2.05) is 13.0 Å². The molecule has 2 heterocycles. The van der Waals surface area contributed by atoms with E-state index in [9.17, 15) is 4.79 Å². The van der Waals surface area contributed by atoms with Crippen molar-refractivity contribution in [2.75, 3.05) is 13.2 Å². The molecule has 0 bridgehead atoms. The lowest BCUT2D eigenvalue weighted by atomic mass is 9.83. The molecular formula is C19H22ClNO2. The summed E-state index contributed by atoms with van der Waals surface area (Å²) < 4.78 is 5.44. The first-order valence-corrected chi connectivity index (χ1v) is 8.37. The van der Waals surface area contributed by atoms with Crippen molar-refractivity contribution in [3.63, 3.8) is 0 Å². The Hall–Kier alpha value is -1.58. The standard InChI is InChI=1S/C19H22ClNO2/c1-13(9-14(2)20)16-5-3-15(4-6-16)10-17-11-19(18(22)21-17)7-8-23-12-19/h3-6,9,17H,1,7-8,10-12H2,2H3,(H,21,22)/b14-9+/t17-,19?/m1/s1. The number of carbonyl (C=O) groups excluding carboxylic acids is 1. The number of ether oxygens (including phenoxy) is 1. The summed E-state index contributed by atoms with van der Waals surface area (Å²) in [5, 5.41) is 3.85. The Kier molecular flexibility index (Phi) is 4.60. The van der Waals surface area contributed by atoms with Crippen molar-refractivity contribution in [1.29, 1.82) is 0 Å². The van der Waals surface area contributed by atoms with Gasteiger partial charge in [-0.25, -0.2) is 0 Å². The SMILES string of the molecule is C=C(/C=C(\C)Cl)c1ccc(C[C@@H]2CC3(CCOC3)C(=O)N2)cc1. The third-order valence-electron chi connectivity index (χ3n) is 4.74. The lowest BCUT2D eigenvalue weighted by Crippen LogP contribution is -2.32. The fourth-order valence-corrected chi connectivity index (χ4v) is 3.62. The summed E-state index contributed by atoms with van der Waals surface area (Å²) in [5.41, 5.74) is 2.90. The molecule has 0 aromatic heterocycles. The van der Waals surface area contributed by atoms with Crippen molar-refractivity contribution in [3.05, 3.63) is 53.1 Å². The van der Waals surface area contributed by atoms with Crippen LogP contribution in [-0.2, 0) is 16.0 Å². The predicted molar refractivity (Wildman–Crippen MR) is 93.2 cm³/mol. The fourth-order valence-electron chi connectivity index (χ4n) is 3.49. The van der Waals surface area contributed by atoms with Crippen LogP contribution in [0, 0.1) is 5.41 Å². The molecule has 23 heavy (non-hydrogen) atoms. The van der Waals surface area contributed by atoms with Gasteiger partial charge < -0.3 is 10.1 Å². The highest BCUT2D eigenvalue weighted by Crippen LogP contribution is 2.38. The first-order valence-electron chi connectivity index (χ1n) is 7.99. The molecule has 2 aliphatic rings. The van der Waals surface area contributed by atoms with Gasteiger partial charge in [-0.1, -0.05) is 42.4 Å². The summed E-state index contributed by atoms with van der Waals surface area (Å²) >= 11 is 5.89. The van der Waals surface area contributed by atoms with Crippen LogP contribution in [0.15, 0.2) is 42.0 Å². The zero-order chi connectivity index (χ0) is 16.4. The predicted octanol–water partition coefficient (Wildman–Crippen LogP) is 3.68. The molecule has 3 nitrogen and oxygen atoms in total. The molecule has 1 N–H and O–H groups in total. The van der Waals surface area contributed by atoms with E-state index < -0.39 is 0 Å². The lowest BCUT2D eigenvalue weighted by Gasteiger charge is -2.16. The number of carbonyl (C=O) groups is 1.